The van der Waals surface area contributed by atoms with Crippen LogP contribution in [0.2, 0.25) is 0 Å². The van der Waals surface area contributed by atoms with Gasteiger partial charge in [-0.3, -0.25) is 0 Å². The number of benzene rings is 2. The number of hydrogen-bond donors (Lipinski definition) is 0. The highest BCUT2D eigenvalue weighted by Gasteiger charge is 2.25. The molecule has 2 atom stereocenters. The molecule has 2 aliphatic rings. The van der Waals surface area contributed by atoms with Crippen LogP contribution in [-0.2, 0) is 22.3 Å². The molecule has 2 aromatic carbocycles. The zero-order valence-electron chi connectivity index (χ0n) is 12.1. The smallest absolute Gasteiger partial charge is 0.148 e. The quantitative estimate of drug-likeness (QED) is 0.775. The highest BCUT2D eigenvalue weighted by molar-refractivity contribution is 5.34. The summed E-state index contributed by atoms with van der Waals surface area (Å²) in [5, 5.41) is 0. The summed E-state index contributed by atoms with van der Waals surface area (Å²) in [7, 11) is 0. The van der Waals surface area contributed by atoms with Gasteiger partial charge in [-0.2, -0.15) is 0 Å². The van der Waals surface area contributed by atoms with E-state index in [1.807, 2.05) is 0 Å². The van der Waals surface area contributed by atoms with Crippen molar-refractivity contribution in [1.29, 1.82) is 0 Å². The van der Waals surface area contributed by atoms with Gasteiger partial charge in [0, 0.05) is 0 Å². The van der Waals surface area contributed by atoms with E-state index in [0.717, 1.165) is 25.7 Å². The number of fused-ring (bicyclic) bond motifs is 2. The maximum absolute atomic E-state index is 5.98. The van der Waals surface area contributed by atoms with Crippen molar-refractivity contribution in [3.63, 3.8) is 0 Å². The lowest BCUT2D eigenvalue weighted by molar-refractivity contribution is -0.120. The van der Waals surface area contributed by atoms with Gasteiger partial charge in [0.15, 0.2) is 0 Å². The Bertz CT molecular complexity index is 579. The third kappa shape index (κ3) is 2.50. The number of hydrogen-bond acceptors (Lipinski definition) is 2. The summed E-state index contributed by atoms with van der Waals surface area (Å²) in [4.78, 5) is 0. The van der Waals surface area contributed by atoms with Crippen molar-refractivity contribution in [2.75, 3.05) is 6.79 Å². The third-order valence-electron chi connectivity index (χ3n) is 4.69. The number of aryl methyl sites for hydroxylation is 2. The topological polar surface area (TPSA) is 18.5 Å². The maximum Gasteiger partial charge on any atom is 0.148 e. The SMILES string of the molecule is c1ccc2c(c1)CCC2OCOC1CCc2ccccc21. The Morgan fingerprint density at radius 3 is 1.71 bits per heavy atom. The maximum atomic E-state index is 5.98. The van der Waals surface area contributed by atoms with Gasteiger partial charge in [-0.05, 0) is 47.9 Å². The zero-order valence-corrected chi connectivity index (χ0v) is 12.1. The second-order valence-electron chi connectivity index (χ2n) is 5.90. The van der Waals surface area contributed by atoms with Crippen molar-refractivity contribution in [2.24, 2.45) is 0 Å². The average molecular weight is 280 g/mol. The first-order valence-corrected chi connectivity index (χ1v) is 7.80. The molecule has 0 aromatic heterocycles. The summed E-state index contributed by atoms with van der Waals surface area (Å²) in [6.45, 7) is 0.387. The molecule has 2 aliphatic carbocycles. The molecule has 2 unspecified atom stereocenters. The van der Waals surface area contributed by atoms with Gasteiger partial charge in [-0.25, -0.2) is 0 Å². The molecule has 21 heavy (non-hydrogen) atoms. The Morgan fingerprint density at radius 2 is 1.19 bits per heavy atom. The van der Waals surface area contributed by atoms with E-state index in [0.29, 0.717) is 6.79 Å². The van der Waals surface area contributed by atoms with Gasteiger partial charge in [0.2, 0.25) is 0 Å². The highest BCUT2D eigenvalue weighted by Crippen LogP contribution is 2.36. The molecular formula is C19H20O2. The summed E-state index contributed by atoms with van der Waals surface area (Å²) < 4.78 is 12.0. The highest BCUT2D eigenvalue weighted by atomic mass is 16.7. The molecular weight excluding hydrogens is 260 g/mol. The molecule has 0 radical (unpaired) electrons. The van der Waals surface area contributed by atoms with Crippen LogP contribution in [0.5, 0.6) is 0 Å². The van der Waals surface area contributed by atoms with E-state index < -0.39 is 0 Å². The second kappa shape index (κ2) is 5.63. The van der Waals surface area contributed by atoms with Crippen LogP contribution in [0, 0.1) is 0 Å². The third-order valence-corrected chi connectivity index (χ3v) is 4.69. The van der Waals surface area contributed by atoms with Crippen LogP contribution in [0.25, 0.3) is 0 Å². The van der Waals surface area contributed by atoms with E-state index in [-0.39, 0.29) is 12.2 Å². The van der Waals surface area contributed by atoms with Gasteiger partial charge >= 0.3 is 0 Å². The Kier molecular flexibility index (Phi) is 3.50. The number of ether oxygens (including phenoxy) is 2. The van der Waals surface area contributed by atoms with E-state index in [1.54, 1.807) is 0 Å². The average Bonchev–Trinajstić information content (AvgIpc) is 3.13. The fourth-order valence-electron chi connectivity index (χ4n) is 3.59. The van der Waals surface area contributed by atoms with E-state index in [4.69, 9.17) is 9.47 Å². The molecule has 0 spiro atoms. The van der Waals surface area contributed by atoms with E-state index >= 15 is 0 Å². The largest absolute Gasteiger partial charge is 0.347 e. The molecule has 0 fully saturated rings. The van der Waals surface area contributed by atoms with E-state index in [1.165, 1.54) is 22.3 Å². The van der Waals surface area contributed by atoms with Crippen LogP contribution < -0.4 is 0 Å². The first-order chi connectivity index (χ1) is 10.4. The van der Waals surface area contributed by atoms with Crippen LogP contribution in [0.3, 0.4) is 0 Å². The van der Waals surface area contributed by atoms with Crippen molar-refractivity contribution in [3.8, 4) is 0 Å². The minimum absolute atomic E-state index is 0.206. The van der Waals surface area contributed by atoms with Crippen LogP contribution in [0.1, 0.15) is 47.3 Å². The van der Waals surface area contributed by atoms with Crippen molar-refractivity contribution in [1.82, 2.24) is 0 Å². The van der Waals surface area contributed by atoms with Crippen LogP contribution in [0.15, 0.2) is 48.5 Å². The Balaban J connectivity index is 1.35. The number of rotatable bonds is 4. The lowest BCUT2D eigenvalue weighted by Crippen LogP contribution is -2.08. The molecule has 0 heterocycles. The lowest BCUT2D eigenvalue weighted by atomic mass is 10.1. The van der Waals surface area contributed by atoms with Gasteiger partial charge in [0.25, 0.3) is 0 Å². The molecule has 0 saturated heterocycles. The lowest BCUT2D eigenvalue weighted by Gasteiger charge is -2.17. The predicted octanol–water partition coefficient (Wildman–Crippen LogP) is 4.35. The van der Waals surface area contributed by atoms with Crippen molar-refractivity contribution >= 4 is 0 Å². The standard InChI is InChI=1S/C19H20O2/c1-3-7-16-14(5-1)9-11-18(16)20-13-21-19-12-10-15-6-2-4-8-17(15)19/h1-8,18-19H,9-13H2. The van der Waals surface area contributed by atoms with Gasteiger partial charge in [-0.15, -0.1) is 0 Å². The molecule has 0 amide bonds. The van der Waals surface area contributed by atoms with Gasteiger partial charge in [-0.1, -0.05) is 48.5 Å². The molecule has 0 aliphatic heterocycles. The zero-order chi connectivity index (χ0) is 14.1. The van der Waals surface area contributed by atoms with Crippen LogP contribution in [-0.4, -0.2) is 6.79 Å². The Hall–Kier alpha value is -1.64. The molecule has 0 bridgehead atoms. The summed E-state index contributed by atoms with van der Waals surface area (Å²) in [5.74, 6) is 0. The van der Waals surface area contributed by atoms with Gasteiger partial charge in [0.1, 0.15) is 6.79 Å². The van der Waals surface area contributed by atoms with Crippen molar-refractivity contribution in [2.45, 2.75) is 37.9 Å². The Morgan fingerprint density at radius 1 is 0.714 bits per heavy atom. The fraction of sp³-hybridized carbons (Fsp3) is 0.368. The van der Waals surface area contributed by atoms with E-state index in [2.05, 4.69) is 48.5 Å². The van der Waals surface area contributed by atoms with Crippen LogP contribution >= 0.6 is 0 Å². The van der Waals surface area contributed by atoms with Crippen LogP contribution in [0.4, 0.5) is 0 Å². The first kappa shape index (κ1) is 13.1. The van der Waals surface area contributed by atoms with Crippen molar-refractivity contribution in [3.05, 3.63) is 70.8 Å². The first-order valence-electron chi connectivity index (χ1n) is 7.80. The summed E-state index contributed by atoms with van der Waals surface area (Å²) >= 11 is 0. The minimum Gasteiger partial charge on any atom is -0.347 e. The summed E-state index contributed by atoms with van der Waals surface area (Å²) in [6.07, 6.45) is 4.80. The molecule has 2 nitrogen and oxygen atoms in total. The molecule has 0 N–H and O–H groups in total. The van der Waals surface area contributed by atoms with Gasteiger partial charge in [0.05, 0.1) is 12.2 Å². The molecule has 108 valence electrons. The minimum atomic E-state index is 0.206. The second-order valence-corrected chi connectivity index (χ2v) is 5.90. The van der Waals surface area contributed by atoms with E-state index in [9.17, 15) is 0 Å². The van der Waals surface area contributed by atoms with Crippen molar-refractivity contribution < 1.29 is 9.47 Å². The predicted molar refractivity (Wildman–Crippen MR) is 82.0 cm³/mol. The molecule has 0 saturated carbocycles. The summed E-state index contributed by atoms with van der Waals surface area (Å²) in [6, 6.07) is 17.2. The molecule has 4 rings (SSSR count). The molecule has 2 heteroatoms. The monoisotopic (exact) mass is 280 g/mol. The Labute approximate surface area is 125 Å². The summed E-state index contributed by atoms with van der Waals surface area (Å²) in [5.41, 5.74) is 5.53. The molecule has 2 aromatic rings. The van der Waals surface area contributed by atoms with Gasteiger partial charge < -0.3 is 9.47 Å². The normalized spacial score (nSPS) is 23.0. The fourth-order valence-corrected chi connectivity index (χ4v) is 3.59.